The first kappa shape index (κ1) is 18.1. The number of rotatable bonds is 3. The number of aliphatic hydroxyl groups excluding tert-OH is 1. The number of hydrogen-bond acceptors (Lipinski definition) is 2. The number of hydrogen-bond donors (Lipinski definition) is 1. The van der Waals surface area contributed by atoms with Crippen molar-refractivity contribution in [1.82, 2.24) is 0 Å². The minimum Gasteiger partial charge on any atom is -0.504 e. The molecule has 0 aliphatic carbocycles. The normalized spacial score (nSPS) is 10.8. The summed E-state index contributed by atoms with van der Waals surface area (Å²) in [4.78, 5) is 0. The molecule has 1 aromatic heterocycles. The van der Waals surface area contributed by atoms with Crippen molar-refractivity contribution in [1.29, 1.82) is 0 Å². The first-order valence-electron chi connectivity index (χ1n) is 8.93. The molecule has 1 heterocycles. The van der Waals surface area contributed by atoms with E-state index < -0.39 is 0 Å². The van der Waals surface area contributed by atoms with Crippen molar-refractivity contribution in [2.75, 3.05) is 0 Å². The summed E-state index contributed by atoms with van der Waals surface area (Å²) >= 11 is 0. The van der Waals surface area contributed by atoms with Crippen LogP contribution in [0.4, 0.5) is 0 Å². The van der Waals surface area contributed by atoms with Crippen LogP contribution in [0.3, 0.4) is 0 Å². The molecule has 0 atom stereocenters. The lowest BCUT2D eigenvalue weighted by atomic mass is 9.84. The molecule has 0 saturated carbocycles. The molecule has 0 aliphatic heterocycles. The highest BCUT2D eigenvalue weighted by Crippen LogP contribution is 2.38. The molecule has 0 aliphatic rings. The van der Waals surface area contributed by atoms with Gasteiger partial charge in [-0.3, -0.25) is 0 Å². The van der Waals surface area contributed by atoms with Crippen LogP contribution in [0.15, 0.2) is 47.1 Å². The van der Waals surface area contributed by atoms with Gasteiger partial charge >= 0.3 is 0 Å². The van der Waals surface area contributed by atoms with Crippen LogP contribution in [-0.4, -0.2) is 5.11 Å². The lowest BCUT2D eigenvalue weighted by Crippen LogP contribution is -2.04. The average Bonchev–Trinajstić information content (AvgIpc) is 3.05. The van der Waals surface area contributed by atoms with Gasteiger partial charge in [0.1, 0.15) is 0 Å². The molecule has 134 valence electrons. The second kappa shape index (κ2) is 6.87. The molecule has 26 heavy (non-hydrogen) atoms. The Morgan fingerprint density at radius 3 is 1.50 bits per heavy atom. The monoisotopic (exact) mass is 346 g/mol. The maximum Gasteiger partial charge on any atom is 0.168 e. The summed E-state index contributed by atoms with van der Waals surface area (Å²) in [6.07, 6.45) is 1.59. The van der Waals surface area contributed by atoms with Crippen LogP contribution < -0.4 is 0 Å². The lowest BCUT2D eigenvalue weighted by molar-refractivity contribution is 0.460. The Morgan fingerprint density at radius 1 is 0.731 bits per heavy atom. The van der Waals surface area contributed by atoms with Gasteiger partial charge in [0.05, 0.1) is 6.26 Å². The van der Waals surface area contributed by atoms with E-state index in [1.165, 1.54) is 11.1 Å². The van der Waals surface area contributed by atoms with Crippen molar-refractivity contribution < 1.29 is 9.52 Å². The largest absolute Gasteiger partial charge is 0.504 e. The minimum absolute atomic E-state index is 0.181. The molecule has 3 rings (SSSR count). The predicted molar refractivity (Wildman–Crippen MR) is 109 cm³/mol. The van der Waals surface area contributed by atoms with Crippen LogP contribution in [0.5, 0.6) is 0 Å². The molecule has 3 aromatic rings. The molecule has 1 N–H and O–H groups in total. The van der Waals surface area contributed by atoms with Gasteiger partial charge in [-0.1, -0.05) is 35.4 Å². The van der Waals surface area contributed by atoms with Crippen molar-refractivity contribution in [3.05, 3.63) is 92.9 Å². The van der Waals surface area contributed by atoms with Gasteiger partial charge in [-0.25, -0.2) is 0 Å². The smallest absolute Gasteiger partial charge is 0.168 e. The van der Waals surface area contributed by atoms with Gasteiger partial charge in [0.25, 0.3) is 0 Å². The van der Waals surface area contributed by atoms with Gasteiger partial charge < -0.3 is 9.52 Å². The fraction of sp³-hybridized carbons (Fsp3) is 0.250. The Labute approximate surface area is 155 Å². The minimum atomic E-state index is 0.181. The van der Waals surface area contributed by atoms with E-state index in [1.807, 2.05) is 0 Å². The van der Waals surface area contributed by atoms with E-state index in [0.29, 0.717) is 5.76 Å². The van der Waals surface area contributed by atoms with Crippen LogP contribution >= 0.6 is 0 Å². The summed E-state index contributed by atoms with van der Waals surface area (Å²) in [6, 6.07) is 12.3. The van der Waals surface area contributed by atoms with Crippen molar-refractivity contribution in [3.63, 3.8) is 0 Å². The van der Waals surface area contributed by atoms with Gasteiger partial charge in [0.2, 0.25) is 0 Å². The lowest BCUT2D eigenvalue weighted by Gasteiger charge is -2.21. The molecule has 0 fully saturated rings. The zero-order valence-corrected chi connectivity index (χ0v) is 16.4. The standard InChI is InChI=1S/C24H26O2/c1-14-10-16(3)21(17(4)11-14)23(24(25)20-8-7-9-26-20)22-18(5)12-15(2)13-19(22)6/h7-13,25H,1-6H3. The molecule has 0 unspecified atom stereocenters. The van der Waals surface area contributed by atoms with Crippen LogP contribution in [0.2, 0.25) is 0 Å². The summed E-state index contributed by atoms with van der Waals surface area (Å²) < 4.78 is 5.52. The van der Waals surface area contributed by atoms with E-state index in [4.69, 9.17) is 4.42 Å². The Kier molecular flexibility index (Phi) is 4.78. The zero-order chi connectivity index (χ0) is 19.0. The molecule has 0 bridgehead atoms. The van der Waals surface area contributed by atoms with Crippen molar-refractivity contribution in [2.24, 2.45) is 0 Å². The summed E-state index contributed by atoms with van der Waals surface area (Å²) in [5, 5.41) is 11.2. The first-order valence-corrected chi connectivity index (χ1v) is 8.93. The SMILES string of the molecule is Cc1cc(C)c(C(=C(O)c2ccco2)c2c(C)cc(C)cc2C)c(C)c1. The molecular weight excluding hydrogens is 320 g/mol. The van der Waals surface area contributed by atoms with Crippen LogP contribution in [0, 0.1) is 41.5 Å². The molecule has 2 heteroatoms. The average molecular weight is 346 g/mol. The van der Waals surface area contributed by atoms with Crippen LogP contribution in [-0.2, 0) is 0 Å². The van der Waals surface area contributed by atoms with Crippen molar-refractivity contribution in [2.45, 2.75) is 41.5 Å². The summed E-state index contributed by atoms with van der Waals surface area (Å²) in [6.45, 7) is 12.6. The molecule has 2 nitrogen and oxygen atoms in total. The number of benzene rings is 2. The Balaban J connectivity index is 2.43. The van der Waals surface area contributed by atoms with Gasteiger partial charge in [-0.05, 0) is 87.1 Å². The van der Waals surface area contributed by atoms with E-state index >= 15 is 0 Å². The number of aliphatic hydroxyl groups is 1. The molecular formula is C24H26O2. The van der Waals surface area contributed by atoms with Crippen molar-refractivity contribution in [3.8, 4) is 0 Å². The molecule has 0 radical (unpaired) electrons. The highest BCUT2D eigenvalue weighted by molar-refractivity contribution is 5.98. The fourth-order valence-corrected chi connectivity index (χ4v) is 4.05. The van der Waals surface area contributed by atoms with Crippen LogP contribution in [0.25, 0.3) is 11.3 Å². The number of furan rings is 1. The molecule has 2 aromatic carbocycles. The third-order valence-corrected chi connectivity index (χ3v) is 4.85. The highest BCUT2D eigenvalue weighted by atomic mass is 16.4. The van der Waals surface area contributed by atoms with Crippen LogP contribution in [0.1, 0.15) is 50.3 Å². The topological polar surface area (TPSA) is 33.4 Å². The summed E-state index contributed by atoms with van der Waals surface area (Å²) in [5.41, 5.74) is 10.0. The second-order valence-corrected chi connectivity index (χ2v) is 7.25. The van der Waals surface area contributed by atoms with Gasteiger partial charge in [0.15, 0.2) is 11.5 Å². The van der Waals surface area contributed by atoms with Gasteiger partial charge in [0, 0.05) is 5.57 Å². The molecule has 0 spiro atoms. The highest BCUT2D eigenvalue weighted by Gasteiger charge is 2.22. The quantitative estimate of drug-likeness (QED) is 0.542. The van der Waals surface area contributed by atoms with E-state index in [9.17, 15) is 5.11 Å². The van der Waals surface area contributed by atoms with E-state index in [1.54, 1.807) is 18.4 Å². The molecule has 0 amide bonds. The summed E-state index contributed by atoms with van der Waals surface area (Å²) in [5.74, 6) is 0.666. The Bertz CT molecular complexity index is 884. The third kappa shape index (κ3) is 3.20. The van der Waals surface area contributed by atoms with E-state index in [0.717, 1.165) is 39.0 Å². The summed E-state index contributed by atoms with van der Waals surface area (Å²) in [7, 11) is 0. The zero-order valence-electron chi connectivity index (χ0n) is 16.4. The van der Waals surface area contributed by atoms with Crippen molar-refractivity contribution >= 4 is 11.3 Å². The fourth-order valence-electron chi connectivity index (χ4n) is 4.05. The maximum atomic E-state index is 11.2. The number of aryl methyl sites for hydroxylation is 6. The van der Waals surface area contributed by atoms with E-state index in [-0.39, 0.29) is 5.76 Å². The third-order valence-electron chi connectivity index (χ3n) is 4.85. The predicted octanol–water partition coefficient (Wildman–Crippen LogP) is 6.60. The van der Waals surface area contributed by atoms with E-state index in [2.05, 4.69) is 65.8 Å². The Morgan fingerprint density at radius 2 is 1.15 bits per heavy atom. The second-order valence-electron chi connectivity index (χ2n) is 7.25. The van der Waals surface area contributed by atoms with Gasteiger partial charge in [-0.2, -0.15) is 0 Å². The Hall–Kier alpha value is -2.74. The van der Waals surface area contributed by atoms with Gasteiger partial charge in [-0.15, -0.1) is 0 Å². The first-order chi connectivity index (χ1) is 12.3. The maximum absolute atomic E-state index is 11.2. The molecule has 0 saturated heterocycles.